The lowest BCUT2D eigenvalue weighted by atomic mass is 9.85. The zero-order chi connectivity index (χ0) is 9.30. The quantitative estimate of drug-likeness (QED) is 0.564. The Morgan fingerprint density at radius 2 is 2.00 bits per heavy atom. The first-order chi connectivity index (χ1) is 5.52. The maximum atomic E-state index is 11.2. The Morgan fingerprint density at radius 1 is 1.42 bits per heavy atom. The zero-order valence-electron chi connectivity index (χ0n) is 8.33. The van der Waals surface area contributed by atoms with Gasteiger partial charge in [-0.15, -0.1) is 0 Å². The second kappa shape index (κ2) is 3.46. The minimum absolute atomic E-state index is 0.0215. The molecule has 0 unspecified atom stereocenters. The largest absolute Gasteiger partial charge is 0.462 e. The van der Waals surface area contributed by atoms with Gasteiger partial charge >= 0.3 is 5.97 Å². The molecule has 0 aromatic rings. The van der Waals surface area contributed by atoms with Crippen LogP contribution in [0.4, 0.5) is 0 Å². The minimum Gasteiger partial charge on any atom is -0.462 e. The van der Waals surface area contributed by atoms with Crippen molar-refractivity contribution in [3.05, 3.63) is 0 Å². The van der Waals surface area contributed by atoms with E-state index >= 15 is 0 Å². The maximum absolute atomic E-state index is 11.2. The van der Waals surface area contributed by atoms with Crippen molar-refractivity contribution >= 4 is 5.97 Å². The van der Waals surface area contributed by atoms with E-state index in [1.54, 1.807) is 0 Å². The van der Waals surface area contributed by atoms with Crippen molar-refractivity contribution in [2.75, 3.05) is 0 Å². The van der Waals surface area contributed by atoms with Crippen molar-refractivity contribution in [1.82, 2.24) is 0 Å². The van der Waals surface area contributed by atoms with E-state index in [2.05, 4.69) is 20.8 Å². The molecule has 12 heavy (non-hydrogen) atoms. The Hall–Kier alpha value is -0.530. The third-order valence-corrected chi connectivity index (χ3v) is 2.60. The molecule has 2 nitrogen and oxygen atoms in total. The average molecular weight is 170 g/mol. The first kappa shape index (κ1) is 9.56. The molecule has 1 rings (SSSR count). The van der Waals surface area contributed by atoms with E-state index in [0.29, 0.717) is 11.8 Å². The van der Waals surface area contributed by atoms with Gasteiger partial charge in [0.05, 0.1) is 5.92 Å². The third-order valence-electron chi connectivity index (χ3n) is 2.60. The molecule has 1 heterocycles. The highest BCUT2D eigenvalue weighted by Crippen LogP contribution is 2.29. The summed E-state index contributed by atoms with van der Waals surface area (Å²) in [7, 11) is 0. The SMILES string of the molecule is CC(C)[C@@H]1OC(=O)[C@H](C)C[C@H]1C. The monoisotopic (exact) mass is 170 g/mol. The Bertz CT molecular complexity index is 175. The summed E-state index contributed by atoms with van der Waals surface area (Å²) in [5, 5.41) is 0. The van der Waals surface area contributed by atoms with Crippen molar-refractivity contribution < 1.29 is 9.53 Å². The van der Waals surface area contributed by atoms with Crippen LogP contribution in [0, 0.1) is 17.8 Å². The maximum Gasteiger partial charge on any atom is 0.308 e. The van der Waals surface area contributed by atoms with Crippen LogP contribution in [0.5, 0.6) is 0 Å². The molecule has 1 aliphatic rings. The van der Waals surface area contributed by atoms with Gasteiger partial charge in [-0.3, -0.25) is 4.79 Å². The van der Waals surface area contributed by atoms with Crippen molar-refractivity contribution in [1.29, 1.82) is 0 Å². The lowest BCUT2D eigenvalue weighted by molar-refractivity contribution is -0.167. The van der Waals surface area contributed by atoms with Crippen molar-refractivity contribution in [2.45, 2.75) is 40.2 Å². The number of cyclic esters (lactones) is 1. The first-order valence-electron chi connectivity index (χ1n) is 4.73. The molecule has 0 amide bonds. The van der Waals surface area contributed by atoms with E-state index in [-0.39, 0.29) is 18.0 Å². The summed E-state index contributed by atoms with van der Waals surface area (Å²) >= 11 is 0. The fourth-order valence-corrected chi connectivity index (χ4v) is 1.95. The van der Waals surface area contributed by atoms with Gasteiger partial charge in [-0.1, -0.05) is 27.7 Å². The first-order valence-corrected chi connectivity index (χ1v) is 4.73. The summed E-state index contributed by atoms with van der Waals surface area (Å²) in [6.07, 6.45) is 1.11. The molecule has 70 valence electrons. The molecule has 1 aliphatic heterocycles. The van der Waals surface area contributed by atoms with Gasteiger partial charge in [-0.05, 0) is 18.3 Å². The summed E-state index contributed by atoms with van der Waals surface area (Å²) in [5.41, 5.74) is 0. The fourth-order valence-electron chi connectivity index (χ4n) is 1.95. The summed E-state index contributed by atoms with van der Waals surface area (Å²) in [5.74, 6) is 1.02. The molecule has 1 saturated heterocycles. The van der Waals surface area contributed by atoms with Crippen LogP contribution >= 0.6 is 0 Å². The van der Waals surface area contributed by atoms with E-state index in [0.717, 1.165) is 6.42 Å². The lowest BCUT2D eigenvalue weighted by Gasteiger charge is -2.34. The standard InChI is InChI=1S/C10H18O2/c1-6(2)9-7(3)5-8(4)10(11)12-9/h6-9H,5H2,1-4H3/t7-,8-,9+/m1/s1. The Morgan fingerprint density at radius 3 is 2.50 bits per heavy atom. The third kappa shape index (κ3) is 1.79. The normalized spacial score (nSPS) is 36.8. The van der Waals surface area contributed by atoms with Gasteiger partial charge in [0.2, 0.25) is 0 Å². The number of hydrogen-bond acceptors (Lipinski definition) is 2. The van der Waals surface area contributed by atoms with Gasteiger partial charge in [0.1, 0.15) is 6.10 Å². The molecule has 0 N–H and O–H groups in total. The van der Waals surface area contributed by atoms with Gasteiger partial charge in [-0.2, -0.15) is 0 Å². The molecule has 0 radical (unpaired) electrons. The van der Waals surface area contributed by atoms with Crippen molar-refractivity contribution in [3.63, 3.8) is 0 Å². The predicted octanol–water partition coefficient (Wildman–Crippen LogP) is 2.23. The number of hydrogen-bond donors (Lipinski definition) is 0. The van der Waals surface area contributed by atoms with Crippen molar-refractivity contribution in [2.24, 2.45) is 17.8 Å². The summed E-state index contributed by atoms with van der Waals surface area (Å²) in [4.78, 5) is 11.2. The Kier molecular flexibility index (Phi) is 2.76. The zero-order valence-corrected chi connectivity index (χ0v) is 8.33. The van der Waals surface area contributed by atoms with E-state index in [1.807, 2.05) is 6.92 Å². The van der Waals surface area contributed by atoms with E-state index in [1.165, 1.54) is 0 Å². The molecular formula is C10H18O2. The minimum atomic E-state index is -0.0215. The number of carbonyl (C=O) groups is 1. The average Bonchev–Trinajstić information content (AvgIpc) is 1.96. The van der Waals surface area contributed by atoms with Crippen LogP contribution in [0.3, 0.4) is 0 Å². The van der Waals surface area contributed by atoms with Gasteiger partial charge in [0.25, 0.3) is 0 Å². The van der Waals surface area contributed by atoms with E-state index in [9.17, 15) is 4.79 Å². The molecule has 0 aliphatic carbocycles. The molecule has 3 atom stereocenters. The Labute approximate surface area is 74.3 Å². The van der Waals surface area contributed by atoms with Crippen molar-refractivity contribution in [3.8, 4) is 0 Å². The van der Waals surface area contributed by atoms with Crippen LogP contribution in [0.1, 0.15) is 34.1 Å². The van der Waals surface area contributed by atoms with Crippen LogP contribution in [0.25, 0.3) is 0 Å². The molecular weight excluding hydrogens is 152 g/mol. The summed E-state index contributed by atoms with van der Waals surface area (Å²) in [6.45, 7) is 8.30. The van der Waals surface area contributed by atoms with Gasteiger partial charge in [0.15, 0.2) is 0 Å². The van der Waals surface area contributed by atoms with Gasteiger partial charge in [-0.25, -0.2) is 0 Å². The van der Waals surface area contributed by atoms with Crippen LogP contribution in [0.2, 0.25) is 0 Å². The molecule has 0 spiro atoms. The number of esters is 1. The fraction of sp³-hybridized carbons (Fsp3) is 0.900. The summed E-state index contributed by atoms with van der Waals surface area (Å²) in [6, 6.07) is 0. The van der Waals surface area contributed by atoms with Crippen LogP contribution in [-0.4, -0.2) is 12.1 Å². The van der Waals surface area contributed by atoms with Crippen LogP contribution in [0.15, 0.2) is 0 Å². The van der Waals surface area contributed by atoms with Gasteiger partial charge in [0, 0.05) is 0 Å². The number of carbonyl (C=O) groups excluding carboxylic acids is 1. The number of rotatable bonds is 1. The van der Waals surface area contributed by atoms with Gasteiger partial charge < -0.3 is 4.74 Å². The van der Waals surface area contributed by atoms with Crippen LogP contribution < -0.4 is 0 Å². The highest BCUT2D eigenvalue weighted by Gasteiger charge is 2.34. The molecule has 0 aromatic heterocycles. The Balaban J connectivity index is 2.61. The molecule has 0 bridgehead atoms. The topological polar surface area (TPSA) is 26.3 Å². The van der Waals surface area contributed by atoms with E-state index < -0.39 is 0 Å². The second-order valence-corrected chi connectivity index (χ2v) is 4.26. The second-order valence-electron chi connectivity index (χ2n) is 4.26. The molecule has 2 heteroatoms. The highest BCUT2D eigenvalue weighted by atomic mass is 16.5. The molecule has 1 fully saturated rings. The number of ether oxygens (including phenoxy) is 1. The van der Waals surface area contributed by atoms with E-state index in [4.69, 9.17) is 4.74 Å². The molecule has 0 aromatic carbocycles. The smallest absolute Gasteiger partial charge is 0.308 e. The lowest BCUT2D eigenvalue weighted by Crippen LogP contribution is -2.38. The summed E-state index contributed by atoms with van der Waals surface area (Å²) < 4.78 is 5.33. The van der Waals surface area contributed by atoms with Crippen LogP contribution in [-0.2, 0) is 9.53 Å². The predicted molar refractivity (Wildman–Crippen MR) is 47.7 cm³/mol. The molecule has 0 saturated carbocycles. The highest BCUT2D eigenvalue weighted by molar-refractivity contribution is 5.73.